The highest BCUT2D eigenvalue weighted by molar-refractivity contribution is 6.02. The molecule has 3 aromatic carbocycles. The van der Waals surface area contributed by atoms with Crippen molar-refractivity contribution in [2.45, 2.75) is 13.8 Å². The van der Waals surface area contributed by atoms with E-state index in [9.17, 15) is 10.2 Å². The summed E-state index contributed by atoms with van der Waals surface area (Å²) in [6.07, 6.45) is 3.02. The molecule has 2 N–H and O–H groups in total. The van der Waals surface area contributed by atoms with Crippen molar-refractivity contribution < 1.29 is 10.2 Å². The molecule has 27 heavy (non-hydrogen) atoms. The molecule has 0 spiro atoms. The minimum Gasteiger partial charge on any atom is -0.507 e. The summed E-state index contributed by atoms with van der Waals surface area (Å²) in [6, 6.07) is 16.8. The Bertz CT molecular complexity index is 992. The predicted octanol–water partition coefficient (Wildman–Crippen LogP) is 4.55. The molecule has 0 atom stereocenters. The van der Waals surface area contributed by atoms with Crippen LogP contribution < -0.4 is 4.90 Å². The summed E-state index contributed by atoms with van der Waals surface area (Å²) < 4.78 is 0. The average molecular weight is 361 g/mol. The number of fused-ring (bicyclic) bond motifs is 1. The van der Waals surface area contributed by atoms with E-state index < -0.39 is 0 Å². The van der Waals surface area contributed by atoms with Crippen LogP contribution in [0.1, 0.15) is 25.0 Å². The first-order valence-corrected chi connectivity index (χ1v) is 8.99. The van der Waals surface area contributed by atoms with E-state index in [2.05, 4.69) is 29.0 Å². The van der Waals surface area contributed by atoms with Crippen molar-refractivity contribution >= 4 is 28.9 Å². The number of phenols is 2. The topological polar surface area (TPSA) is 68.4 Å². The van der Waals surface area contributed by atoms with Crippen molar-refractivity contribution in [3.05, 3.63) is 65.7 Å². The Kier molecular flexibility index (Phi) is 5.71. The van der Waals surface area contributed by atoms with Crippen molar-refractivity contribution in [2.24, 2.45) is 10.2 Å². The molecule has 0 aromatic heterocycles. The molecule has 0 aliphatic carbocycles. The second-order valence-corrected chi connectivity index (χ2v) is 6.12. The first-order chi connectivity index (χ1) is 13.1. The summed E-state index contributed by atoms with van der Waals surface area (Å²) in [5, 5.41) is 30.3. The molecule has 0 saturated heterocycles. The zero-order valence-corrected chi connectivity index (χ0v) is 15.5. The van der Waals surface area contributed by atoms with Crippen LogP contribution in [0.15, 0.2) is 64.8 Å². The van der Waals surface area contributed by atoms with Gasteiger partial charge in [0, 0.05) is 36.0 Å². The fourth-order valence-corrected chi connectivity index (χ4v) is 3.03. The van der Waals surface area contributed by atoms with Gasteiger partial charge in [0.25, 0.3) is 0 Å². The van der Waals surface area contributed by atoms with E-state index in [0.717, 1.165) is 29.5 Å². The molecule has 138 valence electrons. The highest BCUT2D eigenvalue weighted by atomic mass is 16.3. The quantitative estimate of drug-likeness (QED) is 0.500. The van der Waals surface area contributed by atoms with E-state index >= 15 is 0 Å². The molecule has 3 aromatic rings. The fraction of sp³-hybridized carbons (Fsp3) is 0.182. The molecule has 5 heteroatoms. The van der Waals surface area contributed by atoms with E-state index in [1.807, 2.05) is 42.5 Å². The lowest BCUT2D eigenvalue weighted by molar-refractivity contribution is 0.474. The number of hydrogen-bond acceptors (Lipinski definition) is 5. The van der Waals surface area contributed by atoms with Crippen molar-refractivity contribution in [1.82, 2.24) is 0 Å². The molecule has 3 rings (SSSR count). The summed E-state index contributed by atoms with van der Waals surface area (Å²) >= 11 is 0. The van der Waals surface area contributed by atoms with Crippen LogP contribution >= 0.6 is 0 Å². The molecule has 0 unspecified atom stereocenters. The largest absolute Gasteiger partial charge is 0.507 e. The van der Waals surface area contributed by atoms with Crippen LogP contribution in [0.4, 0.5) is 5.69 Å². The molecule has 0 bridgehead atoms. The van der Waals surface area contributed by atoms with Crippen LogP contribution in [0.5, 0.6) is 11.5 Å². The van der Waals surface area contributed by atoms with Gasteiger partial charge in [-0.3, -0.25) is 0 Å². The van der Waals surface area contributed by atoms with Gasteiger partial charge in [0.05, 0.1) is 12.4 Å². The summed E-state index contributed by atoms with van der Waals surface area (Å²) in [7, 11) is 0. The van der Waals surface area contributed by atoms with Crippen LogP contribution in [-0.2, 0) is 0 Å². The monoisotopic (exact) mass is 361 g/mol. The summed E-state index contributed by atoms with van der Waals surface area (Å²) in [5.74, 6) is 0.311. The molecule has 0 aliphatic heterocycles. The van der Waals surface area contributed by atoms with Gasteiger partial charge in [0.1, 0.15) is 11.5 Å². The molecule has 0 saturated carbocycles. The van der Waals surface area contributed by atoms with Crippen molar-refractivity contribution in [1.29, 1.82) is 0 Å². The zero-order valence-electron chi connectivity index (χ0n) is 15.5. The predicted molar refractivity (Wildman–Crippen MR) is 112 cm³/mol. The van der Waals surface area contributed by atoms with Crippen LogP contribution in [0.2, 0.25) is 0 Å². The Labute approximate surface area is 158 Å². The molecule has 0 radical (unpaired) electrons. The number of anilines is 1. The lowest BCUT2D eigenvalue weighted by atomic mass is 10.0. The molecule has 0 aliphatic rings. The second kappa shape index (κ2) is 8.36. The average Bonchev–Trinajstić information content (AvgIpc) is 2.69. The molecule has 0 fully saturated rings. The van der Waals surface area contributed by atoms with E-state index in [1.165, 1.54) is 12.4 Å². The normalized spacial score (nSPS) is 11.6. The maximum atomic E-state index is 10.2. The third-order valence-corrected chi connectivity index (χ3v) is 4.54. The van der Waals surface area contributed by atoms with Gasteiger partial charge in [-0.25, -0.2) is 0 Å². The Morgan fingerprint density at radius 1 is 0.852 bits per heavy atom. The Morgan fingerprint density at radius 3 is 2.33 bits per heavy atom. The SMILES string of the molecule is CCN(CC)c1ccc(/C=N/N=C/c2c(O)ccc3ccccc23)c(O)c1. The number of rotatable bonds is 6. The Hall–Kier alpha value is -3.34. The summed E-state index contributed by atoms with van der Waals surface area (Å²) in [5.41, 5.74) is 2.18. The smallest absolute Gasteiger partial charge is 0.126 e. The molecular weight excluding hydrogens is 338 g/mol. The molecule has 5 nitrogen and oxygen atoms in total. The number of hydrogen-bond donors (Lipinski definition) is 2. The van der Waals surface area contributed by atoms with Crippen LogP contribution in [0.3, 0.4) is 0 Å². The third-order valence-electron chi connectivity index (χ3n) is 4.54. The molecule has 0 heterocycles. The summed E-state index contributed by atoms with van der Waals surface area (Å²) in [6.45, 7) is 5.91. The van der Waals surface area contributed by atoms with Gasteiger partial charge in [-0.05, 0) is 42.8 Å². The maximum Gasteiger partial charge on any atom is 0.126 e. The van der Waals surface area contributed by atoms with Crippen LogP contribution in [0.25, 0.3) is 10.8 Å². The van der Waals surface area contributed by atoms with Crippen molar-refractivity contribution in [3.63, 3.8) is 0 Å². The first kappa shape index (κ1) is 18.5. The van der Waals surface area contributed by atoms with Crippen LogP contribution in [-0.4, -0.2) is 35.7 Å². The minimum absolute atomic E-state index is 0.152. The minimum atomic E-state index is 0.152. The lowest BCUT2D eigenvalue weighted by Gasteiger charge is -2.21. The lowest BCUT2D eigenvalue weighted by Crippen LogP contribution is -2.21. The Balaban J connectivity index is 1.81. The highest BCUT2D eigenvalue weighted by Gasteiger charge is 2.06. The van der Waals surface area contributed by atoms with Crippen LogP contribution in [0, 0.1) is 0 Å². The Morgan fingerprint density at radius 2 is 1.59 bits per heavy atom. The number of nitrogens with zero attached hydrogens (tertiary/aromatic N) is 3. The van der Waals surface area contributed by atoms with Crippen molar-refractivity contribution in [2.75, 3.05) is 18.0 Å². The van der Waals surface area contributed by atoms with Gasteiger partial charge < -0.3 is 15.1 Å². The summed E-state index contributed by atoms with van der Waals surface area (Å²) in [4.78, 5) is 2.15. The molecule has 0 amide bonds. The van der Waals surface area contributed by atoms with Crippen molar-refractivity contribution in [3.8, 4) is 11.5 Å². The zero-order chi connectivity index (χ0) is 19.2. The van der Waals surface area contributed by atoms with Gasteiger partial charge in [-0.2, -0.15) is 10.2 Å². The molecular formula is C22H23N3O2. The maximum absolute atomic E-state index is 10.2. The van der Waals surface area contributed by atoms with E-state index in [1.54, 1.807) is 12.1 Å². The number of benzene rings is 3. The van der Waals surface area contributed by atoms with Gasteiger partial charge >= 0.3 is 0 Å². The third kappa shape index (κ3) is 4.08. The van der Waals surface area contributed by atoms with E-state index in [4.69, 9.17) is 0 Å². The van der Waals surface area contributed by atoms with Gasteiger partial charge in [-0.1, -0.05) is 30.3 Å². The van der Waals surface area contributed by atoms with E-state index in [-0.39, 0.29) is 11.5 Å². The number of aromatic hydroxyl groups is 2. The highest BCUT2D eigenvalue weighted by Crippen LogP contribution is 2.26. The van der Waals surface area contributed by atoms with Gasteiger partial charge in [0.15, 0.2) is 0 Å². The van der Waals surface area contributed by atoms with Gasteiger partial charge in [-0.15, -0.1) is 0 Å². The van der Waals surface area contributed by atoms with E-state index in [0.29, 0.717) is 11.1 Å². The van der Waals surface area contributed by atoms with Gasteiger partial charge in [0.2, 0.25) is 0 Å². The fourth-order valence-electron chi connectivity index (χ4n) is 3.03. The number of phenolic OH excluding ortho intramolecular Hbond substituents is 2. The standard InChI is InChI=1S/C22H23N3O2/c1-3-25(4-2)18-11-9-17(22(27)13-18)14-23-24-15-20-19-8-6-5-7-16(19)10-12-21(20)26/h5-15,26-27H,3-4H2,1-2H3/b23-14+,24-15+. The first-order valence-electron chi connectivity index (χ1n) is 8.99. The second-order valence-electron chi connectivity index (χ2n) is 6.12.